The molecule has 0 radical (unpaired) electrons. The molecule has 138 valence electrons. The van der Waals surface area contributed by atoms with E-state index in [1.54, 1.807) is 30.3 Å². The molecule has 2 heterocycles. The number of methoxy groups -OCH3 is 2. The maximum Gasteiger partial charge on any atom is 0.271 e. The van der Waals surface area contributed by atoms with Gasteiger partial charge in [0.25, 0.3) is 10.0 Å². The summed E-state index contributed by atoms with van der Waals surface area (Å²) in [5.41, 5.74) is 3.02. The van der Waals surface area contributed by atoms with Crippen LogP contribution in [0, 0.1) is 13.8 Å². The summed E-state index contributed by atoms with van der Waals surface area (Å²) < 4.78 is 38.7. The first-order chi connectivity index (χ1) is 12.4. The van der Waals surface area contributed by atoms with E-state index < -0.39 is 10.0 Å². The molecule has 0 unspecified atom stereocenters. The smallest absolute Gasteiger partial charge is 0.271 e. The molecule has 1 aromatic carbocycles. The van der Waals surface area contributed by atoms with Gasteiger partial charge in [-0.3, -0.25) is 9.82 Å². The summed E-state index contributed by atoms with van der Waals surface area (Å²) in [7, 11) is -0.778. The zero-order valence-electron chi connectivity index (χ0n) is 14.8. The minimum absolute atomic E-state index is 0.192. The average Bonchev–Trinajstić information content (AvgIpc) is 3.23. The minimum Gasteiger partial charge on any atom is -0.497 e. The van der Waals surface area contributed by atoms with Crippen LogP contribution in [-0.2, 0) is 10.0 Å². The minimum atomic E-state index is -3.77. The Kier molecular flexibility index (Phi) is 4.92. The SMILES string of the molecule is COc1ccc(OC)c(NS(=O)(=O)c2ccc(-c3n[nH]c(C)c3C)s2)c1. The molecule has 2 N–H and O–H groups in total. The summed E-state index contributed by atoms with van der Waals surface area (Å²) in [4.78, 5) is 0.782. The van der Waals surface area contributed by atoms with Gasteiger partial charge in [-0.05, 0) is 43.7 Å². The normalized spacial score (nSPS) is 11.4. The molecule has 0 saturated carbocycles. The van der Waals surface area contributed by atoms with Gasteiger partial charge < -0.3 is 9.47 Å². The third kappa shape index (κ3) is 3.40. The lowest BCUT2D eigenvalue weighted by molar-refractivity contribution is 0.405. The van der Waals surface area contributed by atoms with Crippen LogP contribution in [0.4, 0.5) is 5.69 Å². The Morgan fingerprint density at radius 3 is 2.50 bits per heavy atom. The fraction of sp³-hybridized carbons (Fsp3) is 0.235. The van der Waals surface area contributed by atoms with E-state index in [0.29, 0.717) is 17.2 Å². The predicted molar refractivity (Wildman–Crippen MR) is 102 cm³/mol. The Morgan fingerprint density at radius 2 is 1.88 bits per heavy atom. The van der Waals surface area contributed by atoms with Gasteiger partial charge in [0, 0.05) is 11.8 Å². The molecule has 2 aromatic heterocycles. The number of rotatable bonds is 6. The van der Waals surface area contributed by atoms with Crippen LogP contribution in [0.15, 0.2) is 34.5 Å². The van der Waals surface area contributed by atoms with Crippen molar-refractivity contribution in [1.29, 1.82) is 0 Å². The van der Waals surface area contributed by atoms with Crippen molar-refractivity contribution in [3.8, 4) is 22.1 Å². The number of thiophene rings is 1. The maximum absolute atomic E-state index is 12.8. The zero-order valence-corrected chi connectivity index (χ0v) is 16.4. The first kappa shape index (κ1) is 18.3. The number of nitrogens with zero attached hydrogens (tertiary/aromatic N) is 1. The number of aromatic nitrogens is 2. The molecule has 0 atom stereocenters. The van der Waals surface area contributed by atoms with Crippen molar-refractivity contribution in [2.75, 3.05) is 18.9 Å². The largest absolute Gasteiger partial charge is 0.497 e. The molecule has 7 nitrogen and oxygen atoms in total. The topological polar surface area (TPSA) is 93.3 Å². The first-order valence-corrected chi connectivity index (χ1v) is 10.0. The van der Waals surface area contributed by atoms with Crippen LogP contribution in [0.25, 0.3) is 10.6 Å². The van der Waals surface area contributed by atoms with Gasteiger partial charge in [-0.1, -0.05) is 0 Å². The number of ether oxygens (including phenoxy) is 2. The Bertz CT molecular complexity index is 1040. The van der Waals surface area contributed by atoms with E-state index in [9.17, 15) is 8.42 Å². The van der Waals surface area contributed by atoms with E-state index in [-0.39, 0.29) is 4.21 Å². The molecule has 0 aliphatic carbocycles. The molecule has 0 bridgehead atoms. The summed E-state index contributed by atoms with van der Waals surface area (Å²) in [5.74, 6) is 0.933. The quantitative estimate of drug-likeness (QED) is 0.668. The van der Waals surface area contributed by atoms with Crippen molar-refractivity contribution < 1.29 is 17.9 Å². The summed E-state index contributed by atoms with van der Waals surface area (Å²) in [6.45, 7) is 3.87. The van der Waals surface area contributed by atoms with E-state index in [4.69, 9.17) is 9.47 Å². The van der Waals surface area contributed by atoms with Crippen molar-refractivity contribution in [2.24, 2.45) is 0 Å². The van der Waals surface area contributed by atoms with Crippen LogP contribution < -0.4 is 14.2 Å². The lowest BCUT2D eigenvalue weighted by Crippen LogP contribution is -2.12. The number of hydrogen-bond acceptors (Lipinski definition) is 6. The van der Waals surface area contributed by atoms with Crippen molar-refractivity contribution in [3.63, 3.8) is 0 Å². The Balaban J connectivity index is 1.94. The number of anilines is 1. The zero-order chi connectivity index (χ0) is 18.9. The number of hydrogen-bond donors (Lipinski definition) is 2. The third-order valence-electron chi connectivity index (χ3n) is 3.98. The monoisotopic (exact) mass is 393 g/mol. The molecule has 3 rings (SSSR count). The van der Waals surface area contributed by atoms with E-state index in [2.05, 4.69) is 14.9 Å². The molecular formula is C17H19N3O4S2. The molecule has 0 amide bonds. The van der Waals surface area contributed by atoms with Gasteiger partial charge in [0.05, 0.1) is 24.8 Å². The summed E-state index contributed by atoms with van der Waals surface area (Å²) in [5, 5.41) is 7.16. The lowest BCUT2D eigenvalue weighted by Gasteiger charge is -2.12. The molecular weight excluding hydrogens is 374 g/mol. The van der Waals surface area contributed by atoms with Crippen molar-refractivity contribution in [1.82, 2.24) is 10.2 Å². The first-order valence-electron chi connectivity index (χ1n) is 7.72. The van der Waals surface area contributed by atoms with Gasteiger partial charge in [0.2, 0.25) is 0 Å². The van der Waals surface area contributed by atoms with Gasteiger partial charge in [-0.25, -0.2) is 8.42 Å². The third-order valence-corrected chi connectivity index (χ3v) is 6.93. The van der Waals surface area contributed by atoms with E-state index in [0.717, 1.165) is 33.2 Å². The molecule has 3 aromatic rings. The highest BCUT2D eigenvalue weighted by Gasteiger charge is 2.21. The van der Waals surface area contributed by atoms with Crippen LogP contribution in [-0.4, -0.2) is 32.8 Å². The highest BCUT2D eigenvalue weighted by Crippen LogP contribution is 2.35. The van der Waals surface area contributed by atoms with E-state index >= 15 is 0 Å². The van der Waals surface area contributed by atoms with Crippen LogP contribution in [0.1, 0.15) is 11.3 Å². The van der Waals surface area contributed by atoms with Crippen molar-refractivity contribution in [3.05, 3.63) is 41.6 Å². The number of H-pyrrole nitrogens is 1. The van der Waals surface area contributed by atoms with Crippen LogP contribution in [0.5, 0.6) is 11.5 Å². The number of nitrogens with one attached hydrogen (secondary N) is 2. The lowest BCUT2D eigenvalue weighted by atomic mass is 10.2. The average molecular weight is 393 g/mol. The van der Waals surface area contributed by atoms with Gasteiger partial charge >= 0.3 is 0 Å². The Morgan fingerprint density at radius 1 is 1.12 bits per heavy atom. The Hall–Kier alpha value is -2.52. The summed E-state index contributed by atoms with van der Waals surface area (Å²) in [6.07, 6.45) is 0. The number of benzene rings is 1. The van der Waals surface area contributed by atoms with Gasteiger partial charge in [-0.15, -0.1) is 11.3 Å². The maximum atomic E-state index is 12.8. The van der Waals surface area contributed by atoms with Gasteiger partial charge in [0.15, 0.2) is 0 Å². The highest BCUT2D eigenvalue weighted by molar-refractivity contribution is 7.94. The summed E-state index contributed by atoms with van der Waals surface area (Å²) in [6, 6.07) is 8.24. The van der Waals surface area contributed by atoms with Gasteiger partial charge in [0.1, 0.15) is 21.4 Å². The Labute approximate surface area is 156 Å². The van der Waals surface area contributed by atoms with E-state index in [1.165, 1.54) is 14.2 Å². The number of aryl methyl sites for hydroxylation is 1. The van der Waals surface area contributed by atoms with E-state index in [1.807, 2.05) is 13.8 Å². The molecule has 9 heteroatoms. The molecule has 0 aliphatic heterocycles. The summed E-state index contributed by atoms with van der Waals surface area (Å²) >= 11 is 1.16. The molecule has 0 fully saturated rings. The van der Waals surface area contributed by atoms with Crippen LogP contribution in [0.3, 0.4) is 0 Å². The van der Waals surface area contributed by atoms with Crippen LogP contribution in [0.2, 0.25) is 0 Å². The van der Waals surface area contributed by atoms with Crippen molar-refractivity contribution in [2.45, 2.75) is 18.1 Å². The second-order valence-electron chi connectivity index (χ2n) is 5.61. The highest BCUT2D eigenvalue weighted by atomic mass is 32.2. The van der Waals surface area contributed by atoms with Crippen LogP contribution >= 0.6 is 11.3 Å². The van der Waals surface area contributed by atoms with Crippen molar-refractivity contribution >= 4 is 27.0 Å². The molecule has 0 saturated heterocycles. The molecule has 0 aliphatic rings. The fourth-order valence-electron chi connectivity index (χ4n) is 2.41. The number of sulfonamides is 1. The molecule has 26 heavy (non-hydrogen) atoms. The second kappa shape index (κ2) is 7.00. The molecule has 0 spiro atoms. The second-order valence-corrected chi connectivity index (χ2v) is 8.61. The van der Waals surface area contributed by atoms with Gasteiger partial charge in [-0.2, -0.15) is 5.10 Å². The standard InChI is InChI=1S/C17H19N3O4S2/c1-10-11(2)18-19-17(10)15-7-8-16(25-15)26(21,22)20-13-9-12(23-3)5-6-14(13)24-4/h5-9,20H,1-4H3,(H,18,19). The fourth-order valence-corrected chi connectivity index (χ4v) is 4.82. The number of aromatic amines is 1. The predicted octanol–water partition coefficient (Wildman–Crippen LogP) is 3.57.